The molecule has 2 amide bonds. The first-order chi connectivity index (χ1) is 13.6. The summed E-state index contributed by atoms with van der Waals surface area (Å²) in [5, 5.41) is 13.6. The number of amides is 2. The fourth-order valence-corrected chi connectivity index (χ4v) is 3.73. The molecule has 0 radical (unpaired) electrons. The first-order valence-corrected chi connectivity index (χ1v) is 9.73. The van der Waals surface area contributed by atoms with Crippen LogP contribution in [0.25, 0.3) is 0 Å². The topological polar surface area (TPSA) is 127 Å². The van der Waals surface area contributed by atoms with Crippen LogP contribution in [-0.2, 0) is 6.18 Å². The molecule has 14 heteroatoms. The van der Waals surface area contributed by atoms with E-state index in [9.17, 15) is 32.9 Å². The molecule has 2 N–H and O–H groups in total. The van der Waals surface area contributed by atoms with Crippen LogP contribution in [0.3, 0.4) is 0 Å². The van der Waals surface area contributed by atoms with Crippen LogP contribution >= 0.6 is 23.3 Å². The van der Waals surface area contributed by atoms with Crippen LogP contribution in [0.5, 0.6) is 0 Å². The number of hydrogen-bond donors (Lipinski definition) is 2. The van der Waals surface area contributed by atoms with Gasteiger partial charge in [-0.2, -0.15) is 13.2 Å². The molecule has 2 aromatic heterocycles. The van der Waals surface area contributed by atoms with E-state index in [1.54, 1.807) is 0 Å². The summed E-state index contributed by atoms with van der Waals surface area (Å²) in [5.41, 5.74) is -2.49. The fraction of sp³-hybridized carbons (Fsp3) is 0.333. The van der Waals surface area contributed by atoms with Crippen molar-refractivity contribution in [1.82, 2.24) is 14.7 Å². The maximum atomic E-state index is 13.0. The second-order valence-electron chi connectivity index (χ2n) is 5.93. The summed E-state index contributed by atoms with van der Waals surface area (Å²) in [6.07, 6.45) is -3.01. The number of pyridine rings is 1. The van der Waals surface area contributed by atoms with E-state index in [1.165, 1.54) is 6.92 Å². The number of nitro groups is 1. The summed E-state index contributed by atoms with van der Waals surface area (Å²) in [7, 11) is 0. The quantitative estimate of drug-likeness (QED) is 0.394. The van der Waals surface area contributed by atoms with E-state index < -0.39 is 44.9 Å². The van der Waals surface area contributed by atoms with E-state index in [0.29, 0.717) is 11.3 Å². The summed E-state index contributed by atoms with van der Waals surface area (Å²) in [5.74, 6) is -2.28. The number of anilines is 1. The van der Waals surface area contributed by atoms with Gasteiger partial charge in [0.2, 0.25) is 5.69 Å². The van der Waals surface area contributed by atoms with Gasteiger partial charge in [0.25, 0.3) is 11.8 Å². The Bertz CT molecular complexity index is 991. The van der Waals surface area contributed by atoms with Crippen LogP contribution in [-0.4, -0.2) is 32.0 Å². The molecule has 2 heterocycles. The molecule has 1 fully saturated rings. The molecule has 29 heavy (non-hydrogen) atoms. The largest absolute Gasteiger partial charge is 0.435 e. The highest BCUT2D eigenvalue weighted by Crippen LogP contribution is 2.35. The molecule has 0 bridgehead atoms. The van der Waals surface area contributed by atoms with Crippen molar-refractivity contribution in [1.29, 1.82) is 0 Å². The summed E-state index contributed by atoms with van der Waals surface area (Å²) < 4.78 is 41.6. The van der Waals surface area contributed by atoms with Crippen molar-refractivity contribution >= 4 is 46.6 Å². The zero-order valence-corrected chi connectivity index (χ0v) is 16.2. The third kappa shape index (κ3) is 5.00. The Labute approximate surface area is 169 Å². The highest BCUT2D eigenvalue weighted by molar-refractivity contribution is 7.98. The zero-order valence-electron chi connectivity index (χ0n) is 14.6. The lowest BCUT2D eigenvalue weighted by Gasteiger charge is -2.08. The molecule has 154 valence electrons. The van der Waals surface area contributed by atoms with Gasteiger partial charge in [-0.05, 0) is 37.8 Å². The van der Waals surface area contributed by atoms with Crippen molar-refractivity contribution in [2.75, 3.05) is 5.32 Å². The summed E-state index contributed by atoms with van der Waals surface area (Å²) in [6, 6.07) is 1.98. The van der Waals surface area contributed by atoms with Gasteiger partial charge in [-0.15, -0.1) is 11.3 Å². The van der Waals surface area contributed by atoms with Crippen LogP contribution in [0.2, 0.25) is 0 Å². The van der Waals surface area contributed by atoms with E-state index in [-0.39, 0.29) is 16.1 Å². The van der Waals surface area contributed by atoms with Gasteiger partial charge < -0.3 is 5.32 Å². The molecule has 3 rings (SSSR count). The Hall–Kier alpha value is -2.74. The molecule has 1 saturated carbocycles. The molecule has 1 aliphatic carbocycles. The van der Waals surface area contributed by atoms with Gasteiger partial charge in [0.1, 0.15) is 10.7 Å². The molecule has 9 nitrogen and oxygen atoms in total. The molecular weight excluding hydrogens is 435 g/mol. The molecule has 0 atom stereocenters. The second-order valence-corrected chi connectivity index (χ2v) is 8.24. The highest BCUT2D eigenvalue weighted by Gasteiger charge is 2.39. The van der Waals surface area contributed by atoms with Gasteiger partial charge in [0.15, 0.2) is 5.69 Å². The normalized spacial score (nSPS) is 13.8. The van der Waals surface area contributed by atoms with Crippen LogP contribution in [0.4, 0.5) is 24.7 Å². The predicted octanol–water partition coefficient (Wildman–Crippen LogP) is 3.57. The predicted molar refractivity (Wildman–Crippen MR) is 98.8 cm³/mol. The first kappa shape index (κ1) is 21.0. The van der Waals surface area contributed by atoms with Crippen molar-refractivity contribution in [3.63, 3.8) is 0 Å². The summed E-state index contributed by atoms with van der Waals surface area (Å²) in [4.78, 5) is 41.3. The van der Waals surface area contributed by atoms with Gasteiger partial charge in [-0.3, -0.25) is 24.4 Å². The van der Waals surface area contributed by atoms with E-state index in [1.807, 2.05) is 0 Å². The Balaban J connectivity index is 1.85. The number of nitrogens with one attached hydrogen (secondary N) is 2. The molecule has 0 spiro atoms. The van der Waals surface area contributed by atoms with E-state index in [2.05, 4.69) is 20.0 Å². The second kappa shape index (κ2) is 7.94. The first-order valence-electron chi connectivity index (χ1n) is 8.03. The minimum Gasteiger partial charge on any atom is -0.306 e. The molecule has 0 aromatic carbocycles. The number of rotatable bonds is 6. The van der Waals surface area contributed by atoms with Gasteiger partial charge in [0, 0.05) is 11.3 Å². The lowest BCUT2D eigenvalue weighted by atomic mass is 10.2. The maximum absolute atomic E-state index is 13.0. The number of aryl methyl sites for hydroxylation is 1. The Kier molecular flexibility index (Phi) is 5.75. The van der Waals surface area contributed by atoms with Crippen LogP contribution in [0.1, 0.15) is 43.7 Å². The monoisotopic (exact) mass is 447 g/mol. The summed E-state index contributed by atoms with van der Waals surface area (Å²) >= 11 is 1.65. The number of aromatic nitrogens is 2. The third-order valence-corrected chi connectivity index (χ3v) is 5.66. The minimum atomic E-state index is -4.83. The van der Waals surface area contributed by atoms with Crippen molar-refractivity contribution in [2.45, 2.75) is 31.2 Å². The van der Waals surface area contributed by atoms with Gasteiger partial charge in [-0.1, -0.05) is 0 Å². The van der Waals surface area contributed by atoms with Crippen molar-refractivity contribution in [2.24, 2.45) is 0 Å². The molecular formula is C15H12F3N5O4S2. The van der Waals surface area contributed by atoms with E-state index >= 15 is 0 Å². The van der Waals surface area contributed by atoms with E-state index in [4.69, 9.17) is 0 Å². The van der Waals surface area contributed by atoms with Crippen LogP contribution in [0.15, 0.2) is 12.1 Å². The number of thiazole rings is 1. The average molecular weight is 447 g/mol. The lowest BCUT2D eigenvalue weighted by Crippen LogP contribution is -2.22. The van der Waals surface area contributed by atoms with Crippen molar-refractivity contribution < 1.29 is 27.7 Å². The Morgan fingerprint density at radius 1 is 1.28 bits per heavy atom. The Morgan fingerprint density at radius 2 is 1.97 bits per heavy atom. The maximum Gasteiger partial charge on any atom is 0.435 e. The number of halogens is 3. The van der Waals surface area contributed by atoms with Gasteiger partial charge in [0.05, 0.1) is 9.93 Å². The molecule has 2 aromatic rings. The standard InChI is InChI=1S/C15H12F3N5O4S2/c1-6-19-12(15(16,17)18)11(28-6)14(25)21-9-5-4-8(23(26)27)10(20-9)13(24)22-29-7-2-3-7/h4-5,7H,2-3H2,1H3,(H,22,24)(H,20,21,25). The smallest absolute Gasteiger partial charge is 0.306 e. The van der Waals surface area contributed by atoms with Gasteiger partial charge in [-0.25, -0.2) is 9.97 Å². The molecule has 0 saturated heterocycles. The average Bonchev–Trinajstić information content (AvgIpc) is 3.37. The molecule has 1 aliphatic rings. The third-order valence-electron chi connectivity index (χ3n) is 3.58. The lowest BCUT2D eigenvalue weighted by molar-refractivity contribution is -0.385. The number of carbonyl (C=O) groups excluding carboxylic acids is 2. The number of hydrogen-bond acceptors (Lipinski definition) is 8. The van der Waals surface area contributed by atoms with Gasteiger partial charge >= 0.3 is 11.9 Å². The van der Waals surface area contributed by atoms with Crippen LogP contribution in [0, 0.1) is 17.0 Å². The highest BCUT2D eigenvalue weighted by atomic mass is 32.2. The number of carbonyl (C=O) groups is 2. The molecule has 0 aliphatic heterocycles. The van der Waals surface area contributed by atoms with Crippen LogP contribution < -0.4 is 10.0 Å². The SMILES string of the molecule is Cc1nc(C(F)(F)F)c(C(=O)Nc2ccc([N+](=O)[O-])c(C(=O)NSC3CC3)n2)s1. The van der Waals surface area contributed by atoms with E-state index in [0.717, 1.165) is 36.9 Å². The van der Waals surface area contributed by atoms with Crippen molar-refractivity contribution in [3.05, 3.63) is 43.5 Å². The Morgan fingerprint density at radius 3 is 2.55 bits per heavy atom. The molecule has 0 unspecified atom stereocenters. The van der Waals surface area contributed by atoms with Crippen molar-refractivity contribution in [3.8, 4) is 0 Å². The zero-order chi connectivity index (χ0) is 21.3. The summed E-state index contributed by atoms with van der Waals surface area (Å²) in [6.45, 7) is 1.32. The minimum absolute atomic E-state index is 0.0382. The fourth-order valence-electron chi connectivity index (χ4n) is 2.15. The number of alkyl halides is 3. The number of nitrogens with zero attached hydrogens (tertiary/aromatic N) is 3.